The lowest BCUT2D eigenvalue weighted by molar-refractivity contribution is -0.136. The quantitative estimate of drug-likeness (QED) is 0.833. The van der Waals surface area contributed by atoms with Gasteiger partial charge in [0.2, 0.25) is 5.95 Å². The van der Waals surface area contributed by atoms with Gasteiger partial charge in [0.05, 0.1) is 12.7 Å². The summed E-state index contributed by atoms with van der Waals surface area (Å²) in [6, 6.07) is 7.23. The van der Waals surface area contributed by atoms with Crippen LogP contribution in [0.3, 0.4) is 0 Å². The molecule has 0 saturated heterocycles. The van der Waals surface area contributed by atoms with E-state index in [0.717, 1.165) is 10.0 Å². The van der Waals surface area contributed by atoms with Crippen LogP contribution >= 0.6 is 15.9 Å². The number of carbonyl (C=O) groups excluding carboxylic acids is 1. The van der Waals surface area contributed by atoms with E-state index in [2.05, 4.69) is 36.8 Å². The number of ether oxygens (including phenoxy) is 1. The Morgan fingerprint density at radius 3 is 2.76 bits per heavy atom. The second kappa shape index (κ2) is 5.28. The third-order valence-electron chi connectivity index (χ3n) is 3.31. The minimum absolute atomic E-state index is 0.408. The lowest BCUT2D eigenvalue weighted by Gasteiger charge is -2.27. The van der Waals surface area contributed by atoms with E-state index in [1.54, 1.807) is 11.6 Å². The van der Waals surface area contributed by atoms with Crippen molar-refractivity contribution in [2.45, 2.75) is 13.0 Å². The number of halogens is 1. The van der Waals surface area contributed by atoms with E-state index in [9.17, 15) is 4.79 Å². The number of carbonyl (C=O) groups is 1. The summed E-state index contributed by atoms with van der Waals surface area (Å²) in [6.45, 7) is 1.80. The Morgan fingerprint density at radius 1 is 1.38 bits per heavy atom. The van der Waals surface area contributed by atoms with Crippen LogP contribution in [0.1, 0.15) is 18.5 Å². The van der Waals surface area contributed by atoms with Crippen molar-refractivity contribution in [2.75, 3.05) is 12.4 Å². The normalized spacial score (nSPS) is 17.2. The van der Waals surface area contributed by atoms with E-state index >= 15 is 0 Å². The molecule has 0 bridgehead atoms. The lowest BCUT2D eigenvalue weighted by atomic mass is 9.96. The Bertz CT molecular complexity index is 722. The number of methoxy groups -OCH3 is 1. The number of hydrogen-bond acceptors (Lipinski definition) is 6. The zero-order valence-corrected chi connectivity index (χ0v) is 13.0. The van der Waals surface area contributed by atoms with Gasteiger partial charge in [-0.2, -0.15) is 4.68 Å². The van der Waals surface area contributed by atoms with Gasteiger partial charge in [-0.3, -0.25) is 0 Å². The summed E-state index contributed by atoms with van der Waals surface area (Å²) in [6.07, 6.45) is 0. The molecule has 8 heteroatoms. The van der Waals surface area contributed by atoms with Crippen molar-refractivity contribution in [3.05, 3.63) is 45.6 Å². The monoisotopic (exact) mass is 349 g/mol. The highest BCUT2D eigenvalue weighted by Gasteiger charge is 2.34. The Hall–Kier alpha value is -2.22. The first-order valence-electron chi connectivity index (χ1n) is 6.21. The summed E-state index contributed by atoms with van der Waals surface area (Å²) in [5.41, 5.74) is 2.06. The molecule has 0 aliphatic carbocycles. The fraction of sp³-hybridized carbons (Fsp3) is 0.231. The number of hydrogen-bond donors (Lipinski definition) is 1. The highest BCUT2D eigenvalue weighted by Crippen LogP contribution is 2.34. The Kier molecular flexibility index (Phi) is 3.46. The molecule has 1 aliphatic heterocycles. The molecular weight excluding hydrogens is 338 g/mol. The van der Waals surface area contributed by atoms with Gasteiger partial charge in [-0.15, -0.1) is 0 Å². The molecule has 1 atom stereocenters. The van der Waals surface area contributed by atoms with E-state index in [4.69, 9.17) is 4.74 Å². The Labute approximate surface area is 129 Å². The Balaban J connectivity index is 2.17. The molecule has 1 aliphatic rings. The largest absolute Gasteiger partial charge is 0.466 e. The minimum atomic E-state index is -0.420. The molecule has 1 aromatic heterocycles. The number of fused-ring (bicyclic) bond motifs is 1. The van der Waals surface area contributed by atoms with E-state index in [-0.39, 0.29) is 0 Å². The molecule has 0 amide bonds. The summed E-state index contributed by atoms with van der Waals surface area (Å²) in [4.78, 5) is 12.1. The van der Waals surface area contributed by atoms with Crippen LogP contribution < -0.4 is 5.32 Å². The fourth-order valence-electron chi connectivity index (χ4n) is 2.34. The SMILES string of the molecule is COC(=O)C1=C(C)Nc2nnnn2C1c1ccc(Br)cc1. The predicted molar refractivity (Wildman–Crippen MR) is 78.4 cm³/mol. The van der Waals surface area contributed by atoms with Crippen LogP contribution in [0.15, 0.2) is 40.0 Å². The molecule has 1 unspecified atom stereocenters. The zero-order valence-electron chi connectivity index (χ0n) is 11.4. The van der Waals surface area contributed by atoms with Crippen molar-refractivity contribution in [1.82, 2.24) is 20.2 Å². The van der Waals surface area contributed by atoms with E-state index in [0.29, 0.717) is 17.2 Å². The standard InChI is InChI=1S/C13H12BrN5O2/c1-7-10(12(20)21-2)11(8-3-5-9(14)6-4-8)19-13(15-7)16-17-18-19/h3-6,11H,1-2H3,(H,15,16,18). The maximum atomic E-state index is 12.1. The predicted octanol–water partition coefficient (Wildman–Crippen LogP) is 1.90. The van der Waals surface area contributed by atoms with Gasteiger partial charge in [-0.25, -0.2) is 4.79 Å². The van der Waals surface area contributed by atoms with Gasteiger partial charge in [0, 0.05) is 10.2 Å². The summed E-state index contributed by atoms with van der Waals surface area (Å²) in [5, 5.41) is 14.6. The average molecular weight is 350 g/mol. The molecule has 108 valence electrons. The van der Waals surface area contributed by atoms with Crippen LogP contribution in [0.5, 0.6) is 0 Å². The minimum Gasteiger partial charge on any atom is -0.466 e. The number of aromatic nitrogens is 4. The summed E-state index contributed by atoms with van der Waals surface area (Å²) in [5.74, 6) is 0.0853. The van der Waals surface area contributed by atoms with Gasteiger partial charge >= 0.3 is 5.97 Å². The maximum Gasteiger partial charge on any atom is 0.338 e. The third-order valence-corrected chi connectivity index (χ3v) is 3.83. The van der Waals surface area contributed by atoms with Gasteiger partial charge in [0.1, 0.15) is 6.04 Å². The molecule has 0 spiro atoms. The second-order valence-electron chi connectivity index (χ2n) is 4.56. The summed E-state index contributed by atoms with van der Waals surface area (Å²) < 4.78 is 7.43. The molecule has 2 heterocycles. The molecule has 2 aromatic rings. The zero-order chi connectivity index (χ0) is 15.0. The molecule has 3 rings (SSSR count). The number of anilines is 1. The summed E-state index contributed by atoms with van der Waals surface area (Å²) in [7, 11) is 1.36. The van der Waals surface area contributed by atoms with Crippen molar-refractivity contribution in [1.29, 1.82) is 0 Å². The topological polar surface area (TPSA) is 81.9 Å². The number of rotatable bonds is 2. The van der Waals surface area contributed by atoms with Crippen molar-refractivity contribution in [3.8, 4) is 0 Å². The van der Waals surface area contributed by atoms with Gasteiger partial charge < -0.3 is 10.1 Å². The number of esters is 1. The molecule has 0 radical (unpaired) electrons. The molecular formula is C13H12BrN5O2. The van der Waals surface area contributed by atoms with E-state index < -0.39 is 12.0 Å². The number of tetrazole rings is 1. The van der Waals surface area contributed by atoms with E-state index in [1.807, 2.05) is 24.3 Å². The first-order valence-corrected chi connectivity index (χ1v) is 7.00. The van der Waals surface area contributed by atoms with Gasteiger partial charge in [-0.1, -0.05) is 33.2 Å². The lowest BCUT2D eigenvalue weighted by Crippen LogP contribution is -2.29. The van der Waals surface area contributed by atoms with Crippen LogP contribution in [-0.4, -0.2) is 33.3 Å². The molecule has 1 N–H and O–H groups in total. The average Bonchev–Trinajstić information content (AvgIpc) is 2.94. The van der Waals surface area contributed by atoms with Crippen LogP contribution in [-0.2, 0) is 9.53 Å². The van der Waals surface area contributed by atoms with E-state index in [1.165, 1.54) is 7.11 Å². The number of nitrogens with zero attached hydrogens (tertiary/aromatic N) is 4. The van der Waals surface area contributed by atoms with Crippen LogP contribution in [0, 0.1) is 0 Å². The van der Waals surface area contributed by atoms with Crippen molar-refractivity contribution >= 4 is 27.8 Å². The first-order chi connectivity index (χ1) is 10.1. The van der Waals surface area contributed by atoms with Crippen molar-refractivity contribution in [2.24, 2.45) is 0 Å². The van der Waals surface area contributed by atoms with Crippen molar-refractivity contribution < 1.29 is 9.53 Å². The highest BCUT2D eigenvalue weighted by atomic mass is 79.9. The molecule has 0 saturated carbocycles. The highest BCUT2D eigenvalue weighted by molar-refractivity contribution is 9.10. The summed E-state index contributed by atoms with van der Waals surface area (Å²) >= 11 is 3.40. The van der Waals surface area contributed by atoms with Gasteiger partial charge in [-0.05, 0) is 35.0 Å². The first kappa shape index (κ1) is 13.7. The number of nitrogens with one attached hydrogen (secondary N) is 1. The van der Waals surface area contributed by atoms with Gasteiger partial charge in [0.15, 0.2) is 0 Å². The number of benzene rings is 1. The maximum absolute atomic E-state index is 12.1. The molecule has 1 aromatic carbocycles. The molecule has 21 heavy (non-hydrogen) atoms. The van der Waals surface area contributed by atoms with Crippen LogP contribution in [0.2, 0.25) is 0 Å². The van der Waals surface area contributed by atoms with Crippen molar-refractivity contribution in [3.63, 3.8) is 0 Å². The molecule has 0 fully saturated rings. The number of allylic oxidation sites excluding steroid dienone is 1. The third kappa shape index (κ3) is 2.31. The molecule has 7 nitrogen and oxygen atoms in total. The van der Waals surface area contributed by atoms with Gasteiger partial charge in [0.25, 0.3) is 0 Å². The van der Waals surface area contributed by atoms with Crippen LogP contribution in [0.25, 0.3) is 0 Å². The smallest absolute Gasteiger partial charge is 0.338 e. The fourth-order valence-corrected chi connectivity index (χ4v) is 2.60. The second-order valence-corrected chi connectivity index (χ2v) is 5.47. The van der Waals surface area contributed by atoms with Crippen LogP contribution in [0.4, 0.5) is 5.95 Å². The Morgan fingerprint density at radius 2 is 2.10 bits per heavy atom.